The lowest BCUT2D eigenvalue weighted by Crippen LogP contribution is -2.38. The van der Waals surface area contributed by atoms with Gasteiger partial charge in [-0.25, -0.2) is 4.79 Å². The van der Waals surface area contributed by atoms with Crippen LogP contribution in [0.1, 0.15) is 20.3 Å². The fourth-order valence-corrected chi connectivity index (χ4v) is 1.54. The van der Waals surface area contributed by atoms with Crippen molar-refractivity contribution in [3.8, 4) is 5.75 Å². The second kappa shape index (κ2) is 3.96. The highest BCUT2D eigenvalue weighted by molar-refractivity contribution is 5.92. The third kappa shape index (κ3) is 2.05. The summed E-state index contributed by atoms with van der Waals surface area (Å²) in [5, 5.41) is 3.77. The summed E-state index contributed by atoms with van der Waals surface area (Å²) in [7, 11) is 0. The number of carbonyl (C=O) groups is 1. The van der Waals surface area contributed by atoms with Crippen molar-refractivity contribution < 1.29 is 14.4 Å². The summed E-state index contributed by atoms with van der Waals surface area (Å²) < 4.78 is 5.21. The molecule has 0 amide bonds. The molecule has 0 aliphatic carbocycles. The van der Waals surface area contributed by atoms with Crippen molar-refractivity contribution in [2.45, 2.75) is 25.9 Å². The molecule has 0 saturated carbocycles. The highest BCUT2D eigenvalue weighted by Crippen LogP contribution is 2.25. The van der Waals surface area contributed by atoms with Gasteiger partial charge < -0.3 is 9.57 Å². The summed E-state index contributed by atoms with van der Waals surface area (Å²) in [5.74, 6) is 0.0983. The molecule has 1 aromatic carbocycles. The number of hydrogen-bond donors (Lipinski definition) is 0. The zero-order chi connectivity index (χ0) is 11.6. The van der Waals surface area contributed by atoms with Gasteiger partial charge in [0.25, 0.3) is 0 Å². The van der Waals surface area contributed by atoms with E-state index in [4.69, 9.17) is 9.57 Å². The van der Waals surface area contributed by atoms with Crippen LogP contribution in [-0.2, 0) is 9.63 Å². The third-order valence-corrected chi connectivity index (χ3v) is 2.38. The predicted molar refractivity (Wildman–Crippen MR) is 59.3 cm³/mol. The van der Waals surface area contributed by atoms with E-state index in [9.17, 15) is 4.79 Å². The van der Waals surface area contributed by atoms with Gasteiger partial charge in [-0.3, -0.25) is 0 Å². The third-order valence-electron chi connectivity index (χ3n) is 2.38. The van der Waals surface area contributed by atoms with Gasteiger partial charge in [-0.1, -0.05) is 23.4 Å². The first-order valence-corrected chi connectivity index (χ1v) is 5.09. The fraction of sp³-hybridized carbons (Fsp3) is 0.333. The van der Waals surface area contributed by atoms with Crippen LogP contribution in [0, 0.1) is 0 Å². The Balaban J connectivity index is 2.05. The Morgan fingerprint density at radius 3 is 2.69 bits per heavy atom. The first-order chi connectivity index (χ1) is 7.60. The standard InChI is InChI=1S/C12H13NO3/c1-9-8-12(2,16-13-9)11(14)15-10-6-4-3-5-7-10/h3-7H,8H2,1-2H3. The Hall–Kier alpha value is -1.84. The molecule has 0 bridgehead atoms. The molecular weight excluding hydrogens is 206 g/mol. The first kappa shape index (κ1) is 10.7. The monoisotopic (exact) mass is 219 g/mol. The molecule has 2 rings (SSSR count). The number of para-hydroxylation sites is 1. The van der Waals surface area contributed by atoms with E-state index in [1.807, 2.05) is 25.1 Å². The summed E-state index contributed by atoms with van der Waals surface area (Å²) in [6, 6.07) is 8.93. The summed E-state index contributed by atoms with van der Waals surface area (Å²) in [6.07, 6.45) is 0.471. The lowest BCUT2D eigenvalue weighted by molar-refractivity contribution is -0.157. The van der Waals surface area contributed by atoms with Gasteiger partial charge in [0.05, 0.1) is 5.71 Å². The van der Waals surface area contributed by atoms with E-state index in [-0.39, 0.29) is 0 Å². The molecule has 1 aliphatic rings. The molecule has 0 saturated heterocycles. The number of hydrogen-bond acceptors (Lipinski definition) is 4. The van der Waals surface area contributed by atoms with Crippen molar-refractivity contribution in [1.82, 2.24) is 0 Å². The van der Waals surface area contributed by atoms with E-state index in [0.29, 0.717) is 12.2 Å². The Labute approximate surface area is 93.9 Å². The van der Waals surface area contributed by atoms with Gasteiger partial charge in [0.15, 0.2) is 0 Å². The van der Waals surface area contributed by atoms with Gasteiger partial charge in [-0.05, 0) is 26.0 Å². The van der Waals surface area contributed by atoms with Crippen LogP contribution in [-0.4, -0.2) is 17.3 Å². The molecule has 4 heteroatoms. The minimum Gasteiger partial charge on any atom is -0.424 e. The molecule has 0 N–H and O–H groups in total. The van der Waals surface area contributed by atoms with Crippen LogP contribution in [0.15, 0.2) is 35.5 Å². The van der Waals surface area contributed by atoms with Gasteiger partial charge in [0.1, 0.15) is 5.75 Å². The molecule has 1 unspecified atom stereocenters. The molecule has 1 atom stereocenters. The van der Waals surface area contributed by atoms with Crippen molar-refractivity contribution in [1.29, 1.82) is 0 Å². The van der Waals surface area contributed by atoms with Gasteiger partial charge in [0.2, 0.25) is 5.60 Å². The number of ether oxygens (including phenoxy) is 1. The van der Waals surface area contributed by atoms with Crippen LogP contribution in [0.3, 0.4) is 0 Å². The average Bonchev–Trinajstić information content (AvgIpc) is 2.61. The molecule has 4 nitrogen and oxygen atoms in total. The summed E-state index contributed by atoms with van der Waals surface area (Å²) in [4.78, 5) is 17.0. The Bertz CT molecular complexity index is 427. The molecule has 16 heavy (non-hydrogen) atoms. The average molecular weight is 219 g/mol. The van der Waals surface area contributed by atoms with E-state index in [2.05, 4.69) is 5.16 Å². The summed E-state index contributed by atoms with van der Waals surface area (Å²) in [5.41, 5.74) is -0.188. The maximum atomic E-state index is 11.9. The van der Waals surface area contributed by atoms with E-state index in [1.165, 1.54) is 0 Å². The topological polar surface area (TPSA) is 47.9 Å². The Morgan fingerprint density at radius 1 is 1.44 bits per heavy atom. The zero-order valence-corrected chi connectivity index (χ0v) is 9.27. The lowest BCUT2D eigenvalue weighted by atomic mass is 10.0. The van der Waals surface area contributed by atoms with Crippen molar-refractivity contribution in [3.63, 3.8) is 0 Å². The molecule has 1 heterocycles. The number of oxime groups is 1. The molecule has 0 fully saturated rings. The molecule has 0 radical (unpaired) electrons. The van der Waals surface area contributed by atoms with E-state index in [1.54, 1.807) is 19.1 Å². The summed E-state index contributed by atoms with van der Waals surface area (Å²) in [6.45, 7) is 3.50. The second-order valence-corrected chi connectivity index (χ2v) is 4.03. The SMILES string of the molecule is CC1=NOC(C)(C(=O)Oc2ccccc2)C1. The number of rotatable bonds is 2. The van der Waals surface area contributed by atoms with Crippen LogP contribution in [0.25, 0.3) is 0 Å². The van der Waals surface area contributed by atoms with E-state index in [0.717, 1.165) is 5.71 Å². The molecule has 1 aromatic rings. The molecule has 0 spiro atoms. The number of esters is 1. The van der Waals surface area contributed by atoms with Crippen molar-refractivity contribution in [2.75, 3.05) is 0 Å². The van der Waals surface area contributed by atoms with E-state index >= 15 is 0 Å². The molecule has 0 aromatic heterocycles. The van der Waals surface area contributed by atoms with Gasteiger partial charge in [0, 0.05) is 6.42 Å². The highest BCUT2D eigenvalue weighted by Gasteiger charge is 2.42. The first-order valence-electron chi connectivity index (χ1n) is 5.09. The van der Waals surface area contributed by atoms with Crippen LogP contribution in [0.4, 0.5) is 0 Å². The van der Waals surface area contributed by atoms with Crippen molar-refractivity contribution in [3.05, 3.63) is 30.3 Å². The highest BCUT2D eigenvalue weighted by atomic mass is 16.7. The van der Waals surface area contributed by atoms with Crippen LogP contribution in [0.5, 0.6) is 5.75 Å². The number of carbonyl (C=O) groups excluding carboxylic acids is 1. The molecule has 84 valence electrons. The quantitative estimate of drug-likeness (QED) is 0.565. The number of benzene rings is 1. The fourth-order valence-electron chi connectivity index (χ4n) is 1.54. The summed E-state index contributed by atoms with van der Waals surface area (Å²) >= 11 is 0. The molecular formula is C12H13NO3. The predicted octanol–water partition coefficient (Wildman–Crippen LogP) is 2.15. The lowest BCUT2D eigenvalue weighted by Gasteiger charge is -2.18. The van der Waals surface area contributed by atoms with Crippen LogP contribution < -0.4 is 4.74 Å². The van der Waals surface area contributed by atoms with Gasteiger partial charge >= 0.3 is 5.97 Å². The van der Waals surface area contributed by atoms with Gasteiger partial charge in [-0.2, -0.15) is 0 Å². The minimum atomic E-state index is -0.986. The normalized spacial score (nSPS) is 23.5. The van der Waals surface area contributed by atoms with Crippen LogP contribution in [0.2, 0.25) is 0 Å². The minimum absolute atomic E-state index is 0.417. The van der Waals surface area contributed by atoms with Crippen molar-refractivity contribution in [2.24, 2.45) is 5.16 Å². The van der Waals surface area contributed by atoms with E-state index < -0.39 is 11.6 Å². The zero-order valence-electron chi connectivity index (χ0n) is 9.27. The van der Waals surface area contributed by atoms with Gasteiger partial charge in [-0.15, -0.1) is 0 Å². The Morgan fingerprint density at radius 2 is 2.12 bits per heavy atom. The smallest absolute Gasteiger partial charge is 0.358 e. The maximum absolute atomic E-state index is 11.9. The Kier molecular flexibility index (Phi) is 2.64. The van der Waals surface area contributed by atoms with Crippen LogP contribution >= 0.6 is 0 Å². The second-order valence-electron chi connectivity index (χ2n) is 4.03. The molecule has 1 aliphatic heterocycles. The maximum Gasteiger partial charge on any atom is 0.358 e. The largest absolute Gasteiger partial charge is 0.424 e. The van der Waals surface area contributed by atoms with Crippen molar-refractivity contribution >= 4 is 11.7 Å². The number of nitrogens with zero attached hydrogens (tertiary/aromatic N) is 1.